The van der Waals surface area contributed by atoms with Gasteiger partial charge in [-0.15, -0.1) is 0 Å². The molecule has 0 radical (unpaired) electrons. The second kappa shape index (κ2) is 3.56. The zero-order valence-corrected chi connectivity index (χ0v) is 8.27. The minimum Gasteiger partial charge on any atom is -0.490 e. The Labute approximate surface area is 89.0 Å². The number of aromatic nitrogens is 1. The van der Waals surface area contributed by atoms with Crippen LogP contribution in [0, 0.1) is 0 Å². The zero-order valence-electron chi connectivity index (χ0n) is 7.51. The molecule has 0 atom stereocenters. The minimum atomic E-state index is -4.49. The van der Waals surface area contributed by atoms with Crippen molar-refractivity contribution in [3.63, 3.8) is 0 Å². The van der Waals surface area contributed by atoms with Crippen molar-refractivity contribution in [2.75, 3.05) is 0 Å². The van der Waals surface area contributed by atoms with Gasteiger partial charge >= 0.3 is 6.18 Å². The largest absolute Gasteiger partial charge is 0.490 e. The Bertz CT molecular complexity index is 376. The highest BCUT2D eigenvalue weighted by Gasteiger charge is 2.34. The maximum absolute atomic E-state index is 12.3. The number of halogens is 4. The first-order chi connectivity index (χ1) is 6.95. The van der Waals surface area contributed by atoms with E-state index in [0.29, 0.717) is 0 Å². The lowest BCUT2D eigenvalue weighted by Gasteiger charge is -2.09. The fraction of sp³-hybridized carbons (Fsp3) is 0.444. The van der Waals surface area contributed by atoms with Crippen molar-refractivity contribution < 1.29 is 17.9 Å². The van der Waals surface area contributed by atoms with Crippen LogP contribution in [0.1, 0.15) is 18.5 Å². The van der Waals surface area contributed by atoms with Gasteiger partial charge in [0.1, 0.15) is 16.6 Å². The molecule has 0 saturated heterocycles. The second-order valence-corrected chi connectivity index (χ2v) is 3.71. The van der Waals surface area contributed by atoms with Gasteiger partial charge in [-0.1, -0.05) is 11.6 Å². The van der Waals surface area contributed by atoms with E-state index in [0.717, 1.165) is 18.9 Å². The first-order valence-electron chi connectivity index (χ1n) is 4.36. The summed E-state index contributed by atoms with van der Waals surface area (Å²) in [6.45, 7) is 0. The molecule has 0 aromatic carbocycles. The molecule has 1 aliphatic carbocycles. The molecule has 0 unspecified atom stereocenters. The predicted octanol–water partition coefficient (Wildman–Crippen LogP) is 3.30. The quantitative estimate of drug-likeness (QED) is 0.737. The van der Waals surface area contributed by atoms with Crippen molar-refractivity contribution in [2.45, 2.75) is 25.1 Å². The Hall–Kier alpha value is -0.970. The summed E-state index contributed by atoms with van der Waals surface area (Å²) in [4.78, 5) is 3.19. The molecule has 0 N–H and O–H groups in total. The van der Waals surface area contributed by atoms with E-state index in [1.54, 1.807) is 0 Å². The first kappa shape index (κ1) is 10.5. The Morgan fingerprint density at radius 3 is 2.53 bits per heavy atom. The molecule has 1 fully saturated rings. The average Bonchev–Trinajstić information content (AvgIpc) is 2.85. The fourth-order valence-electron chi connectivity index (χ4n) is 1.07. The van der Waals surface area contributed by atoms with E-state index in [1.165, 1.54) is 6.07 Å². The van der Waals surface area contributed by atoms with Crippen molar-refractivity contribution in [3.8, 4) is 5.75 Å². The summed E-state index contributed by atoms with van der Waals surface area (Å²) in [7, 11) is 0. The van der Waals surface area contributed by atoms with Crippen LogP contribution in [-0.2, 0) is 6.18 Å². The third-order valence-electron chi connectivity index (χ3n) is 1.89. The molecule has 2 nitrogen and oxygen atoms in total. The number of hydrogen-bond acceptors (Lipinski definition) is 2. The molecule has 1 aromatic rings. The number of rotatable bonds is 2. The molecule has 0 spiro atoms. The highest BCUT2D eigenvalue weighted by atomic mass is 35.5. The molecule has 1 heterocycles. The van der Waals surface area contributed by atoms with E-state index >= 15 is 0 Å². The Kier molecular flexibility index (Phi) is 2.50. The van der Waals surface area contributed by atoms with Gasteiger partial charge in [-0.25, -0.2) is 4.98 Å². The highest BCUT2D eigenvalue weighted by molar-refractivity contribution is 6.29. The minimum absolute atomic E-state index is 0.0320. The molecule has 15 heavy (non-hydrogen) atoms. The van der Waals surface area contributed by atoms with Gasteiger partial charge in [-0.3, -0.25) is 0 Å². The van der Waals surface area contributed by atoms with E-state index < -0.39 is 11.9 Å². The standard InChI is InChI=1S/C9H7ClF3NO/c10-8-4-6(15-5-1-2-5)3-7(14-8)9(11,12)13/h3-5H,1-2H2. The molecule has 0 aliphatic heterocycles. The summed E-state index contributed by atoms with van der Waals surface area (Å²) < 4.78 is 42.2. The molecule has 0 amide bonds. The summed E-state index contributed by atoms with van der Waals surface area (Å²) in [6.07, 6.45) is -2.71. The summed E-state index contributed by atoms with van der Waals surface area (Å²) >= 11 is 5.47. The van der Waals surface area contributed by atoms with Crippen LogP contribution in [0.3, 0.4) is 0 Å². The van der Waals surface area contributed by atoms with Crippen LogP contribution in [0.5, 0.6) is 5.75 Å². The van der Waals surface area contributed by atoms with E-state index in [9.17, 15) is 13.2 Å². The third kappa shape index (κ3) is 2.75. The average molecular weight is 238 g/mol. The number of hydrogen-bond donors (Lipinski definition) is 0. The topological polar surface area (TPSA) is 22.1 Å². The van der Waals surface area contributed by atoms with E-state index in [-0.39, 0.29) is 17.0 Å². The normalized spacial score (nSPS) is 16.5. The van der Waals surface area contributed by atoms with Gasteiger partial charge in [0.25, 0.3) is 0 Å². The molecule has 6 heteroatoms. The van der Waals surface area contributed by atoms with Crippen molar-refractivity contribution >= 4 is 11.6 Å². The van der Waals surface area contributed by atoms with E-state index in [2.05, 4.69) is 4.98 Å². The molecule has 1 aliphatic rings. The maximum Gasteiger partial charge on any atom is 0.433 e. The van der Waals surface area contributed by atoms with Crippen molar-refractivity contribution in [3.05, 3.63) is 23.0 Å². The first-order valence-corrected chi connectivity index (χ1v) is 4.74. The second-order valence-electron chi connectivity index (χ2n) is 3.33. The van der Waals surface area contributed by atoms with Crippen LogP contribution >= 0.6 is 11.6 Å². The molecule has 1 saturated carbocycles. The molecule has 82 valence electrons. The van der Waals surface area contributed by atoms with Crippen molar-refractivity contribution in [1.82, 2.24) is 4.98 Å². The van der Waals surface area contributed by atoms with Crippen LogP contribution in [0.25, 0.3) is 0 Å². The predicted molar refractivity (Wildman–Crippen MR) is 47.9 cm³/mol. The Morgan fingerprint density at radius 1 is 1.33 bits per heavy atom. The van der Waals surface area contributed by atoms with Gasteiger partial charge in [0.05, 0.1) is 6.10 Å². The van der Waals surface area contributed by atoms with Crippen LogP contribution in [-0.4, -0.2) is 11.1 Å². The van der Waals surface area contributed by atoms with Crippen molar-refractivity contribution in [1.29, 1.82) is 0 Å². The summed E-state index contributed by atoms with van der Waals surface area (Å²) in [6, 6.07) is 2.15. The molecular formula is C9H7ClF3NO. The molecule has 1 aromatic heterocycles. The van der Waals surface area contributed by atoms with Gasteiger partial charge < -0.3 is 4.74 Å². The van der Waals surface area contributed by atoms with Gasteiger partial charge in [-0.2, -0.15) is 13.2 Å². The number of pyridine rings is 1. The third-order valence-corrected chi connectivity index (χ3v) is 2.08. The Balaban J connectivity index is 2.27. The summed E-state index contributed by atoms with van der Waals surface area (Å²) in [5, 5.41) is -0.208. The summed E-state index contributed by atoms with van der Waals surface area (Å²) in [5.74, 6) is 0.129. The SMILES string of the molecule is FC(F)(F)c1cc(OC2CC2)cc(Cl)n1. The van der Waals surface area contributed by atoms with Crippen molar-refractivity contribution in [2.24, 2.45) is 0 Å². The fourth-order valence-corrected chi connectivity index (χ4v) is 1.26. The number of ether oxygens (including phenoxy) is 1. The van der Waals surface area contributed by atoms with Gasteiger partial charge in [0.15, 0.2) is 0 Å². The van der Waals surface area contributed by atoms with Gasteiger partial charge in [-0.05, 0) is 12.8 Å². The smallest absolute Gasteiger partial charge is 0.433 e. The monoisotopic (exact) mass is 237 g/mol. The van der Waals surface area contributed by atoms with Crippen LogP contribution in [0.4, 0.5) is 13.2 Å². The summed E-state index contributed by atoms with van der Waals surface area (Å²) in [5.41, 5.74) is -1.02. The number of nitrogens with zero attached hydrogens (tertiary/aromatic N) is 1. The zero-order chi connectivity index (χ0) is 11.1. The van der Waals surface area contributed by atoms with E-state index in [1.807, 2.05) is 0 Å². The lowest BCUT2D eigenvalue weighted by Crippen LogP contribution is -2.09. The number of alkyl halides is 3. The molecular weight excluding hydrogens is 231 g/mol. The lowest BCUT2D eigenvalue weighted by molar-refractivity contribution is -0.141. The van der Waals surface area contributed by atoms with Crippen LogP contribution in [0.2, 0.25) is 5.15 Å². The van der Waals surface area contributed by atoms with Crippen LogP contribution in [0.15, 0.2) is 12.1 Å². The maximum atomic E-state index is 12.3. The molecule has 0 bridgehead atoms. The highest BCUT2D eigenvalue weighted by Crippen LogP contribution is 2.33. The van der Waals surface area contributed by atoms with E-state index in [4.69, 9.17) is 16.3 Å². The van der Waals surface area contributed by atoms with Gasteiger partial charge in [0.2, 0.25) is 0 Å². The lowest BCUT2D eigenvalue weighted by atomic mass is 10.3. The Morgan fingerprint density at radius 2 is 2.00 bits per heavy atom. The molecule has 2 rings (SSSR count). The van der Waals surface area contributed by atoms with Gasteiger partial charge in [0, 0.05) is 12.1 Å². The van der Waals surface area contributed by atoms with Crippen LogP contribution < -0.4 is 4.74 Å².